The molecule has 3 unspecified atom stereocenters. The van der Waals surface area contributed by atoms with E-state index in [1.54, 1.807) is 0 Å². The van der Waals surface area contributed by atoms with Crippen molar-refractivity contribution in [3.8, 4) is 0 Å². The Bertz CT molecular complexity index is 714. The van der Waals surface area contributed by atoms with E-state index in [1.165, 1.54) is 25.0 Å². The number of non-ortho nitro benzene ring substituents is 1. The van der Waals surface area contributed by atoms with E-state index >= 15 is 0 Å². The van der Waals surface area contributed by atoms with Crippen molar-refractivity contribution in [1.29, 1.82) is 0 Å². The van der Waals surface area contributed by atoms with Crippen LogP contribution in [0.2, 0.25) is 0 Å². The quantitative estimate of drug-likeness (QED) is 0.498. The fourth-order valence-electron chi connectivity index (χ4n) is 4.13. The van der Waals surface area contributed by atoms with E-state index < -0.39 is 9.85 Å². The van der Waals surface area contributed by atoms with Crippen LogP contribution in [-0.2, 0) is 0 Å². The van der Waals surface area contributed by atoms with Gasteiger partial charge in [0.05, 0.1) is 15.9 Å². The summed E-state index contributed by atoms with van der Waals surface area (Å²) in [6.07, 6.45) is 5.35. The van der Waals surface area contributed by atoms with E-state index in [9.17, 15) is 20.2 Å². The van der Waals surface area contributed by atoms with Crippen LogP contribution in [0.25, 0.3) is 0 Å². The Labute approximate surface area is 139 Å². The number of nitro benzene ring substituents is 2. The number of anilines is 1. The van der Waals surface area contributed by atoms with Crippen molar-refractivity contribution in [2.45, 2.75) is 33.1 Å². The summed E-state index contributed by atoms with van der Waals surface area (Å²) in [5, 5.41) is 26.0. The van der Waals surface area contributed by atoms with Crippen LogP contribution in [-0.4, -0.2) is 16.1 Å². The predicted molar refractivity (Wildman–Crippen MR) is 90.0 cm³/mol. The standard InChI is InChI=1S/C16H20N4O4/c1-16(2)11-4-3-10(13(16)7-11)9-17-18-14-6-5-12(19(21)22)8-15(14)20(23)24/h5-6,8-11,13,18H,3-4,7H2,1-2H3/b17-9+. The molecule has 0 aliphatic heterocycles. The molecule has 1 aromatic carbocycles. The second-order valence-electron chi connectivity index (χ2n) is 7.21. The van der Waals surface area contributed by atoms with Crippen molar-refractivity contribution >= 4 is 23.3 Å². The molecule has 3 fully saturated rings. The van der Waals surface area contributed by atoms with Gasteiger partial charge in [0.1, 0.15) is 5.69 Å². The molecule has 0 spiro atoms. The number of nitrogens with zero attached hydrogens (tertiary/aromatic N) is 3. The molecular weight excluding hydrogens is 312 g/mol. The Hall–Kier alpha value is -2.51. The zero-order chi connectivity index (χ0) is 17.5. The monoisotopic (exact) mass is 332 g/mol. The van der Waals surface area contributed by atoms with Crippen LogP contribution in [0, 0.1) is 43.4 Å². The molecule has 0 saturated heterocycles. The molecule has 0 amide bonds. The fraction of sp³-hybridized carbons (Fsp3) is 0.562. The zero-order valence-electron chi connectivity index (χ0n) is 13.6. The Morgan fingerprint density at radius 1 is 1.25 bits per heavy atom. The Morgan fingerprint density at radius 3 is 2.58 bits per heavy atom. The highest BCUT2D eigenvalue weighted by Gasteiger charge is 2.53. The fourth-order valence-corrected chi connectivity index (χ4v) is 4.13. The zero-order valence-corrected chi connectivity index (χ0v) is 13.6. The summed E-state index contributed by atoms with van der Waals surface area (Å²) in [6, 6.07) is 3.49. The second-order valence-corrected chi connectivity index (χ2v) is 7.21. The predicted octanol–water partition coefficient (Wildman–Crippen LogP) is 3.97. The third kappa shape index (κ3) is 2.72. The van der Waals surface area contributed by atoms with Gasteiger partial charge in [-0.2, -0.15) is 5.10 Å². The highest BCUT2D eigenvalue weighted by atomic mass is 16.6. The first-order valence-corrected chi connectivity index (χ1v) is 8.02. The minimum Gasteiger partial charge on any atom is -0.272 e. The molecule has 0 radical (unpaired) electrons. The van der Waals surface area contributed by atoms with Crippen molar-refractivity contribution in [2.24, 2.45) is 28.3 Å². The van der Waals surface area contributed by atoms with E-state index in [2.05, 4.69) is 24.4 Å². The highest BCUT2D eigenvalue weighted by molar-refractivity contribution is 5.68. The summed E-state index contributed by atoms with van der Waals surface area (Å²) in [6.45, 7) is 4.58. The van der Waals surface area contributed by atoms with Crippen LogP contribution in [0.4, 0.5) is 17.1 Å². The topological polar surface area (TPSA) is 111 Å². The number of nitrogens with one attached hydrogen (secondary N) is 1. The van der Waals surface area contributed by atoms with E-state index in [-0.39, 0.29) is 17.1 Å². The third-order valence-electron chi connectivity index (χ3n) is 5.75. The smallest absolute Gasteiger partial charge is 0.272 e. The molecule has 3 atom stereocenters. The molecule has 24 heavy (non-hydrogen) atoms. The van der Waals surface area contributed by atoms with E-state index in [0.29, 0.717) is 17.3 Å². The molecule has 3 saturated carbocycles. The SMILES string of the molecule is CC1(C)C2CCC(/C=N/Nc3ccc([N+](=O)[O-])cc3[N+](=O)[O-])C1C2. The molecule has 3 aliphatic carbocycles. The maximum Gasteiger partial charge on any atom is 0.301 e. The average molecular weight is 332 g/mol. The van der Waals surface area contributed by atoms with E-state index in [4.69, 9.17) is 0 Å². The van der Waals surface area contributed by atoms with Gasteiger partial charge in [0, 0.05) is 12.3 Å². The van der Waals surface area contributed by atoms with Gasteiger partial charge in [0.2, 0.25) is 0 Å². The summed E-state index contributed by atoms with van der Waals surface area (Å²) in [4.78, 5) is 20.5. The van der Waals surface area contributed by atoms with E-state index in [1.807, 2.05) is 6.21 Å². The van der Waals surface area contributed by atoms with E-state index in [0.717, 1.165) is 18.4 Å². The van der Waals surface area contributed by atoms with Gasteiger partial charge < -0.3 is 0 Å². The summed E-state index contributed by atoms with van der Waals surface area (Å²) in [5.41, 5.74) is 2.51. The van der Waals surface area contributed by atoms with Crippen molar-refractivity contribution in [3.05, 3.63) is 38.4 Å². The molecule has 0 heterocycles. The number of nitro groups is 2. The minimum atomic E-state index is -0.656. The maximum absolute atomic E-state index is 11.1. The lowest BCUT2D eigenvalue weighted by Gasteiger charge is -2.59. The number of fused-ring (bicyclic) bond motifs is 2. The van der Waals surface area contributed by atoms with Crippen molar-refractivity contribution in [1.82, 2.24) is 0 Å². The molecule has 2 bridgehead atoms. The van der Waals surface area contributed by atoms with Gasteiger partial charge in [-0.25, -0.2) is 0 Å². The second kappa shape index (κ2) is 5.85. The molecular formula is C16H20N4O4. The normalized spacial score (nSPS) is 27.5. The first-order chi connectivity index (χ1) is 11.3. The number of hydrazone groups is 1. The van der Waals surface area contributed by atoms with Gasteiger partial charge >= 0.3 is 5.69 Å². The molecule has 128 valence electrons. The molecule has 0 aromatic heterocycles. The Morgan fingerprint density at radius 2 is 2.00 bits per heavy atom. The molecule has 8 nitrogen and oxygen atoms in total. The lowest BCUT2D eigenvalue weighted by Crippen LogP contribution is -2.52. The van der Waals surface area contributed by atoms with Crippen molar-refractivity contribution in [3.63, 3.8) is 0 Å². The van der Waals surface area contributed by atoms with Crippen LogP contribution in [0.3, 0.4) is 0 Å². The first-order valence-electron chi connectivity index (χ1n) is 8.02. The third-order valence-corrected chi connectivity index (χ3v) is 5.75. The number of rotatable bonds is 5. The lowest BCUT2D eigenvalue weighted by atomic mass is 9.46. The molecule has 3 aliphatic rings. The first kappa shape index (κ1) is 16.4. The van der Waals surface area contributed by atoms with Crippen molar-refractivity contribution < 1.29 is 9.85 Å². The number of hydrogen-bond acceptors (Lipinski definition) is 6. The van der Waals surface area contributed by atoms with Crippen LogP contribution in [0.1, 0.15) is 33.1 Å². The Kier molecular flexibility index (Phi) is 3.98. The summed E-state index contributed by atoms with van der Waals surface area (Å²) in [5.74, 6) is 1.78. The summed E-state index contributed by atoms with van der Waals surface area (Å²) < 4.78 is 0. The largest absolute Gasteiger partial charge is 0.301 e. The molecule has 1 aromatic rings. The van der Waals surface area contributed by atoms with Crippen LogP contribution in [0.15, 0.2) is 23.3 Å². The summed E-state index contributed by atoms with van der Waals surface area (Å²) in [7, 11) is 0. The molecule has 1 N–H and O–H groups in total. The Balaban J connectivity index is 1.72. The van der Waals surface area contributed by atoms with Crippen LogP contribution >= 0.6 is 0 Å². The highest BCUT2D eigenvalue weighted by Crippen LogP contribution is 2.60. The van der Waals surface area contributed by atoms with Gasteiger partial charge in [-0.05, 0) is 48.5 Å². The van der Waals surface area contributed by atoms with Crippen molar-refractivity contribution in [2.75, 3.05) is 5.43 Å². The minimum absolute atomic E-state index is 0.156. The van der Waals surface area contributed by atoms with Crippen LogP contribution in [0.5, 0.6) is 0 Å². The molecule has 8 heteroatoms. The van der Waals surface area contributed by atoms with Gasteiger partial charge in [-0.1, -0.05) is 13.8 Å². The number of benzene rings is 1. The van der Waals surface area contributed by atoms with Crippen LogP contribution < -0.4 is 5.43 Å². The average Bonchev–Trinajstić information content (AvgIpc) is 2.54. The number of hydrogen-bond donors (Lipinski definition) is 1. The van der Waals surface area contributed by atoms with Gasteiger partial charge in [0.15, 0.2) is 0 Å². The lowest BCUT2D eigenvalue weighted by molar-refractivity contribution is -0.393. The van der Waals surface area contributed by atoms with Gasteiger partial charge in [-0.15, -0.1) is 0 Å². The van der Waals surface area contributed by atoms with Gasteiger partial charge in [0.25, 0.3) is 5.69 Å². The molecule has 4 rings (SSSR count). The summed E-state index contributed by atoms with van der Waals surface area (Å²) >= 11 is 0. The van der Waals surface area contributed by atoms with Gasteiger partial charge in [-0.3, -0.25) is 25.7 Å². The maximum atomic E-state index is 11.1.